The second-order valence-corrected chi connectivity index (χ2v) is 6.46. The van der Waals surface area contributed by atoms with E-state index in [1.165, 1.54) is 5.56 Å². The van der Waals surface area contributed by atoms with E-state index in [1.807, 2.05) is 6.07 Å². The number of aromatic nitrogens is 2. The average Bonchev–Trinajstić information content (AvgIpc) is 2.67. The maximum atomic E-state index is 5.69. The minimum absolute atomic E-state index is 0.429. The van der Waals surface area contributed by atoms with Crippen molar-refractivity contribution in [2.75, 3.05) is 7.05 Å². The van der Waals surface area contributed by atoms with Crippen molar-refractivity contribution in [1.29, 1.82) is 0 Å². The summed E-state index contributed by atoms with van der Waals surface area (Å²) in [6, 6.07) is 5.79. The van der Waals surface area contributed by atoms with Gasteiger partial charge in [-0.2, -0.15) is 5.10 Å². The van der Waals surface area contributed by atoms with Crippen LogP contribution in [0.3, 0.4) is 0 Å². The Morgan fingerprint density at radius 1 is 1.35 bits per heavy atom. The molecule has 0 spiro atoms. The van der Waals surface area contributed by atoms with E-state index >= 15 is 0 Å². The Morgan fingerprint density at radius 3 is 2.76 bits per heavy atom. The molecule has 0 radical (unpaired) electrons. The molecule has 2 rings (SSSR count). The van der Waals surface area contributed by atoms with Crippen molar-refractivity contribution < 1.29 is 0 Å². The number of halogens is 2. The molecular weight excluding hydrogens is 322 g/mol. The summed E-state index contributed by atoms with van der Waals surface area (Å²) in [6.07, 6.45) is 0. The normalized spacial score (nSPS) is 11.1. The Kier molecular flexibility index (Phi) is 4.50. The van der Waals surface area contributed by atoms with Crippen molar-refractivity contribution in [1.82, 2.24) is 15.1 Å². The van der Waals surface area contributed by atoms with Crippen molar-refractivity contribution >= 4 is 38.9 Å². The molecule has 0 aliphatic carbocycles. The minimum Gasteiger partial charge on any atom is -0.296 e. The summed E-state index contributed by atoms with van der Waals surface area (Å²) in [4.78, 5) is 2.19. The van der Waals surface area contributed by atoms with Gasteiger partial charge in [0.25, 0.3) is 0 Å². The van der Waals surface area contributed by atoms with E-state index in [1.54, 1.807) is 17.4 Å². The highest BCUT2D eigenvalue weighted by atomic mass is 79.9. The van der Waals surface area contributed by atoms with Crippen LogP contribution in [-0.4, -0.2) is 22.1 Å². The highest BCUT2D eigenvalue weighted by molar-refractivity contribution is 9.11. The molecule has 0 aliphatic heterocycles. The fourth-order valence-electron chi connectivity index (χ4n) is 1.50. The number of thiophene rings is 1. The van der Waals surface area contributed by atoms with Crippen LogP contribution < -0.4 is 0 Å². The smallest absolute Gasteiger partial charge is 0.151 e. The first-order valence-corrected chi connectivity index (χ1v) is 7.08. The van der Waals surface area contributed by atoms with Crippen LogP contribution in [0.2, 0.25) is 5.15 Å². The average molecular weight is 333 g/mol. The zero-order chi connectivity index (χ0) is 12.3. The van der Waals surface area contributed by atoms with E-state index in [9.17, 15) is 0 Å². The lowest BCUT2D eigenvalue weighted by molar-refractivity contribution is 0.314. The van der Waals surface area contributed by atoms with E-state index in [4.69, 9.17) is 11.6 Å². The molecule has 3 nitrogen and oxygen atoms in total. The zero-order valence-corrected chi connectivity index (χ0v) is 12.4. The second-order valence-electron chi connectivity index (χ2n) is 3.78. The third-order valence-electron chi connectivity index (χ3n) is 2.19. The maximum Gasteiger partial charge on any atom is 0.151 e. The SMILES string of the molecule is CN(Cc1csc(Br)c1)Cc1ccc(Cl)nn1. The molecule has 0 aromatic carbocycles. The van der Waals surface area contributed by atoms with Crippen molar-refractivity contribution in [2.45, 2.75) is 13.1 Å². The first kappa shape index (κ1) is 13.0. The lowest BCUT2D eigenvalue weighted by Gasteiger charge is -2.14. The van der Waals surface area contributed by atoms with Gasteiger partial charge in [0.15, 0.2) is 5.15 Å². The summed E-state index contributed by atoms with van der Waals surface area (Å²) in [5.41, 5.74) is 2.22. The topological polar surface area (TPSA) is 29.0 Å². The van der Waals surface area contributed by atoms with Crippen molar-refractivity contribution in [3.05, 3.63) is 43.8 Å². The fourth-order valence-corrected chi connectivity index (χ4v) is 2.80. The summed E-state index contributed by atoms with van der Waals surface area (Å²) in [5, 5.41) is 10.4. The Labute approximate surface area is 118 Å². The maximum absolute atomic E-state index is 5.69. The third-order valence-corrected chi connectivity index (χ3v) is 3.95. The van der Waals surface area contributed by atoms with Gasteiger partial charge in [-0.1, -0.05) is 11.6 Å². The van der Waals surface area contributed by atoms with Gasteiger partial charge in [0.1, 0.15) is 0 Å². The number of hydrogen-bond donors (Lipinski definition) is 0. The van der Waals surface area contributed by atoms with Crippen LogP contribution in [0.25, 0.3) is 0 Å². The highest BCUT2D eigenvalue weighted by Gasteiger charge is 2.05. The quantitative estimate of drug-likeness (QED) is 0.857. The summed E-state index contributed by atoms with van der Waals surface area (Å²) in [6.45, 7) is 1.66. The monoisotopic (exact) mass is 331 g/mol. The molecule has 2 aromatic heterocycles. The van der Waals surface area contributed by atoms with Crippen LogP contribution in [0.4, 0.5) is 0 Å². The molecule has 0 unspecified atom stereocenters. The van der Waals surface area contributed by atoms with Gasteiger partial charge in [-0.25, -0.2) is 0 Å². The molecule has 17 heavy (non-hydrogen) atoms. The van der Waals surface area contributed by atoms with E-state index in [2.05, 4.69) is 49.5 Å². The molecule has 0 amide bonds. The number of nitrogens with zero attached hydrogens (tertiary/aromatic N) is 3. The lowest BCUT2D eigenvalue weighted by Crippen LogP contribution is -2.17. The van der Waals surface area contributed by atoms with E-state index in [0.29, 0.717) is 5.15 Å². The summed E-state index contributed by atoms with van der Waals surface area (Å²) in [5.74, 6) is 0. The first-order chi connectivity index (χ1) is 8.13. The first-order valence-electron chi connectivity index (χ1n) is 5.03. The predicted molar refractivity (Wildman–Crippen MR) is 74.2 cm³/mol. The molecule has 90 valence electrons. The van der Waals surface area contributed by atoms with Crippen LogP contribution in [0.5, 0.6) is 0 Å². The van der Waals surface area contributed by atoms with Crippen LogP contribution >= 0.6 is 38.9 Å². The predicted octanol–water partition coefficient (Wildman–Crippen LogP) is 3.59. The minimum atomic E-state index is 0.429. The van der Waals surface area contributed by atoms with Gasteiger partial charge in [0.05, 0.1) is 9.48 Å². The lowest BCUT2D eigenvalue weighted by atomic mass is 10.3. The van der Waals surface area contributed by atoms with Gasteiger partial charge >= 0.3 is 0 Å². The van der Waals surface area contributed by atoms with Crippen molar-refractivity contribution in [3.8, 4) is 0 Å². The van der Waals surface area contributed by atoms with Gasteiger partial charge in [0.2, 0.25) is 0 Å². The van der Waals surface area contributed by atoms with Gasteiger partial charge < -0.3 is 0 Å². The van der Waals surface area contributed by atoms with Crippen molar-refractivity contribution in [2.24, 2.45) is 0 Å². The van der Waals surface area contributed by atoms with Gasteiger partial charge in [0, 0.05) is 13.1 Å². The molecule has 6 heteroatoms. The Hall–Kier alpha value is -0.490. The van der Waals surface area contributed by atoms with Crippen molar-refractivity contribution in [3.63, 3.8) is 0 Å². The van der Waals surface area contributed by atoms with Gasteiger partial charge in [-0.05, 0) is 52.1 Å². The second kappa shape index (κ2) is 5.91. The summed E-state index contributed by atoms with van der Waals surface area (Å²) in [7, 11) is 2.06. The largest absolute Gasteiger partial charge is 0.296 e. The molecule has 2 aromatic rings. The molecule has 2 heterocycles. The Balaban J connectivity index is 1.93. The standard InChI is InChI=1S/C11H11BrClN3S/c1-16(5-8-4-10(12)17-7-8)6-9-2-3-11(13)15-14-9/h2-4,7H,5-6H2,1H3. The summed E-state index contributed by atoms with van der Waals surface area (Å²) < 4.78 is 1.16. The van der Waals surface area contributed by atoms with Crippen LogP contribution in [0, 0.1) is 0 Å². The van der Waals surface area contributed by atoms with E-state index in [0.717, 1.165) is 22.6 Å². The molecule has 0 saturated heterocycles. The van der Waals surface area contributed by atoms with E-state index < -0.39 is 0 Å². The molecule has 0 atom stereocenters. The molecule has 0 saturated carbocycles. The summed E-state index contributed by atoms with van der Waals surface area (Å²) >= 11 is 10.8. The Bertz CT molecular complexity index is 486. The number of rotatable bonds is 4. The molecular formula is C11H11BrClN3S. The molecule has 0 bridgehead atoms. The Morgan fingerprint density at radius 2 is 2.18 bits per heavy atom. The highest BCUT2D eigenvalue weighted by Crippen LogP contribution is 2.21. The number of hydrogen-bond acceptors (Lipinski definition) is 4. The zero-order valence-electron chi connectivity index (χ0n) is 9.23. The molecule has 0 aliphatic rings. The van der Waals surface area contributed by atoms with Crippen LogP contribution in [-0.2, 0) is 13.1 Å². The molecule has 0 fully saturated rings. The third kappa shape index (κ3) is 4.03. The molecule has 0 N–H and O–H groups in total. The fraction of sp³-hybridized carbons (Fsp3) is 0.273. The van der Waals surface area contributed by atoms with Crippen LogP contribution in [0.1, 0.15) is 11.3 Å². The van der Waals surface area contributed by atoms with Gasteiger partial charge in [-0.15, -0.1) is 16.4 Å². The van der Waals surface area contributed by atoms with E-state index in [-0.39, 0.29) is 0 Å². The van der Waals surface area contributed by atoms with Gasteiger partial charge in [-0.3, -0.25) is 4.90 Å². The van der Waals surface area contributed by atoms with Crippen LogP contribution in [0.15, 0.2) is 27.4 Å².